The summed E-state index contributed by atoms with van der Waals surface area (Å²) in [5.74, 6) is -0.918. The minimum absolute atomic E-state index is 0.323. The maximum atomic E-state index is 11.4. The van der Waals surface area contributed by atoms with E-state index in [-0.39, 0.29) is 0 Å². The molecule has 2 aromatic rings. The van der Waals surface area contributed by atoms with Crippen molar-refractivity contribution in [2.75, 3.05) is 0 Å². The molecular weight excluding hydrogens is 362 g/mol. The molecule has 1 heterocycles. The van der Waals surface area contributed by atoms with E-state index < -0.39 is 5.97 Å². The molecule has 3 nitrogen and oxygen atoms in total. The first-order chi connectivity index (χ1) is 8.58. The lowest BCUT2D eigenvalue weighted by Crippen LogP contribution is -2.09. The molecule has 2 rings (SSSR count). The normalized spacial score (nSPS) is 10.8. The molecule has 0 atom stereocenters. The predicted molar refractivity (Wildman–Crippen MR) is 78.4 cm³/mol. The first-order valence-corrected chi connectivity index (χ1v) is 7.40. The highest BCUT2D eigenvalue weighted by Crippen LogP contribution is 2.27. The monoisotopic (exact) mass is 371 g/mol. The largest absolute Gasteiger partial charge is 0.478 e. The van der Waals surface area contributed by atoms with Crippen molar-refractivity contribution in [3.63, 3.8) is 0 Å². The molecular formula is C13H11Br2NO2. The molecule has 0 fully saturated rings. The van der Waals surface area contributed by atoms with E-state index in [0.717, 1.165) is 20.9 Å². The number of aryl methyl sites for hydroxylation is 1. The van der Waals surface area contributed by atoms with E-state index in [1.807, 2.05) is 25.1 Å². The second-order valence-corrected chi connectivity index (χ2v) is 5.34. The molecule has 0 unspecified atom stereocenters. The quantitative estimate of drug-likeness (QED) is 0.823. The molecule has 1 N–H and O–H groups in total. The van der Waals surface area contributed by atoms with Crippen LogP contribution >= 0.6 is 31.9 Å². The van der Waals surface area contributed by atoms with Gasteiger partial charge in [-0.3, -0.25) is 4.98 Å². The Labute approximate surface area is 121 Å². The van der Waals surface area contributed by atoms with Crippen molar-refractivity contribution < 1.29 is 9.90 Å². The van der Waals surface area contributed by atoms with Crippen molar-refractivity contribution in [3.8, 4) is 0 Å². The summed E-state index contributed by atoms with van der Waals surface area (Å²) in [4.78, 5) is 15.8. The number of aromatic nitrogens is 1. The summed E-state index contributed by atoms with van der Waals surface area (Å²) < 4.78 is 0.938. The minimum Gasteiger partial charge on any atom is -0.478 e. The summed E-state index contributed by atoms with van der Waals surface area (Å²) in [5.41, 5.74) is 2.56. The van der Waals surface area contributed by atoms with Crippen molar-refractivity contribution in [1.29, 1.82) is 0 Å². The van der Waals surface area contributed by atoms with E-state index in [9.17, 15) is 9.90 Å². The molecule has 1 aromatic carbocycles. The topological polar surface area (TPSA) is 50.2 Å². The molecule has 0 aliphatic heterocycles. The van der Waals surface area contributed by atoms with Gasteiger partial charge in [-0.1, -0.05) is 44.8 Å². The summed E-state index contributed by atoms with van der Waals surface area (Å²) in [7, 11) is 0. The number of fused-ring (bicyclic) bond motifs is 1. The number of rotatable bonds is 3. The van der Waals surface area contributed by atoms with Crippen LogP contribution in [0, 0.1) is 0 Å². The maximum absolute atomic E-state index is 11.4. The Morgan fingerprint density at radius 1 is 1.44 bits per heavy atom. The zero-order valence-corrected chi connectivity index (χ0v) is 12.9. The molecule has 0 amide bonds. The van der Waals surface area contributed by atoms with Crippen molar-refractivity contribution >= 4 is 48.7 Å². The van der Waals surface area contributed by atoms with E-state index in [1.165, 1.54) is 0 Å². The van der Waals surface area contributed by atoms with Crippen molar-refractivity contribution in [3.05, 3.63) is 39.5 Å². The van der Waals surface area contributed by atoms with Gasteiger partial charge in [-0.25, -0.2) is 4.79 Å². The number of hydrogen-bond donors (Lipinski definition) is 1. The van der Waals surface area contributed by atoms with Crippen LogP contribution in [0.1, 0.15) is 28.5 Å². The zero-order valence-electron chi connectivity index (χ0n) is 9.70. The third kappa shape index (κ3) is 2.29. The molecule has 94 valence electrons. The number of carbonyl (C=O) groups is 1. The third-order valence-electron chi connectivity index (χ3n) is 2.82. The first-order valence-electron chi connectivity index (χ1n) is 5.48. The van der Waals surface area contributed by atoms with Crippen LogP contribution in [0.2, 0.25) is 0 Å². The third-order valence-corrected chi connectivity index (χ3v) is 3.85. The van der Waals surface area contributed by atoms with Gasteiger partial charge in [0.05, 0.1) is 16.8 Å². The number of carboxylic acids is 1. The number of halogens is 2. The lowest BCUT2D eigenvalue weighted by molar-refractivity contribution is 0.0694. The SMILES string of the molecule is CCc1c(C(=O)O)c(CBr)nc2cc(Br)ccc12. The Hall–Kier alpha value is -0.940. The van der Waals surface area contributed by atoms with E-state index in [2.05, 4.69) is 36.8 Å². The Morgan fingerprint density at radius 2 is 2.17 bits per heavy atom. The Bertz CT molecular complexity index is 626. The van der Waals surface area contributed by atoms with Crippen LogP contribution in [0.5, 0.6) is 0 Å². The van der Waals surface area contributed by atoms with Gasteiger partial charge in [0.2, 0.25) is 0 Å². The number of carboxylic acid groups (broad SMARTS) is 1. The summed E-state index contributed by atoms with van der Waals surface area (Å²) in [5, 5.41) is 10.7. The van der Waals surface area contributed by atoms with Crippen LogP contribution < -0.4 is 0 Å². The minimum atomic E-state index is -0.918. The van der Waals surface area contributed by atoms with E-state index >= 15 is 0 Å². The van der Waals surface area contributed by atoms with Crippen LogP contribution in [-0.4, -0.2) is 16.1 Å². The lowest BCUT2D eigenvalue weighted by Gasteiger charge is -2.12. The highest BCUT2D eigenvalue weighted by molar-refractivity contribution is 9.10. The summed E-state index contributed by atoms with van der Waals surface area (Å²) in [6, 6.07) is 5.73. The highest BCUT2D eigenvalue weighted by atomic mass is 79.9. The average molecular weight is 373 g/mol. The number of benzene rings is 1. The molecule has 0 aliphatic rings. The van der Waals surface area contributed by atoms with Gasteiger partial charge in [-0.2, -0.15) is 0 Å². The van der Waals surface area contributed by atoms with Crippen LogP contribution in [0.25, 0.3) is 10.9 Å². The fourth-order valence-corrected chi connectivity index (χ4v) is 2.83. The smallest absolute Gasteiger partial charge is 0.337 e. The van der Waals surface area contributed by atoms with Gasteiger partial charge in [0, 0.05) is 15.2 Å². The number of nitrogens with zero attached hydrogens (tertiary/aromatic N) is 1. The van der Waals surface area contributed by atoms with Gasteiger partial charge in [-0.05, 0) is 24.1 Å². The molecule has 18 heavy (non-hydrogen) atoms. The average Bonchev–Trinajstić information content (AvgIpc) is 2.35. The van der Waals surface area contributed by atoms with Crippen molar-refractivity contribution in [2.24, 2.45) is 0 Å². The molecule has 0 spiro atoms. The molecule has 0 radical (unpaired) electrons. The summed E-state index contributed by atoms with van der Waals surface area (Å²) >= 11 is 6.71. The Balaban J connectivity index is 2.90. The second-order valence-electron chi connectivity index (χ2n) is 3.87. The van der Waals surface area contributed by atoms with Gasteiger partial charge in [0.15, 0.2) is 0 Å². The number of pyridine rings is 1. The predicted octanol–water partition coefficient (Wildman–Crippen LogP) is 4.15. The van der Waals surface area contributed by atoms with Crippen molar-refractivity contribution in [2.45, 2.75) is 18.7 Å². The van der Waals surface area contributed by atoms with E-state index in [0.29, 0.717) is 23.0 Å². The second kappa shape index (κ2) is 5.36. The van der Waals surface area contributed by atoms with Gasteiger partial charge in [0.25, 0.3) is 0 Å². The van der Waals surface area contributed by atoms with Gasteiger partial charge < -0.3 is 5.11 Å². The standard InChI is InChI=1S/C13H11Br2NO2/c1-2-8-9-4-3-7(15)5-10(9)16-11(6-14)12(8)13(17)18/h3-5H,2,6H2,1H3,(H,17,18). The number of alkyl halides is 1. The van der Waals surface area contributed by atoms with Crippen molar-refractivity contribution in [1.82, 2.24) is 4.98 Å². The fraction of sp³-hybridized carbons (Fsp3) is 0.231. The van der Waals surface area contributed by atoms with Crippen LogP contribution in [0.3, 0.4) is 0 Å². The molecule has 0 saturated carbocycles. The highest BCUT2D eigenvalue weighted by Gasteiger charge is 2.18. The summed E-state index contributed by atoms with van der Waals surface area (Å²) in [6.45, 7) is 1.96. The molecule has 0 bridgehead atoms. The molecule has 0 aliphatic carbocycles. The molecule has 5 heteroatoms. The maximum Gasteiger partial charge on any atom is 0.337 e. The van der Waals surface area contributed by atoms with Crippen LogP contribution in [0.4, 0.5) is 0 Å². The number of aromatic carboxylic acids is 1. The molecule has 1 aromatic heterocycles. The van der Waals surface area contributed by atoms with Crippen LogP contribution in [-0.2, 0) is 11.8 Å². The Kier molecular flexibility index (Phi) is 4.02. The van der Waals surface area contributed by atoms with E-state index in [1.54, 1.807) is 0 Å². The molecule has 0 saturated heterocycles. The van der Waals surface area contributed by atoms with E-state index in [4.69, 9.17) is 0 Å². The van der Waals surface area contributed by atoms with Gasteiger partial charge in [-0.15, -0.1) is 0 Å². The first kappa shape index (κ1) is 13.5. The summed E-state index contributed by atoms with van der Waals surface area (Å²) in [6.07, 6.45) is 0.669. The van der Waals surface area contributed by atoms with Gasteiger partial charge >= 0.3 is 5.97 Å². The number of hydrogen-bond acceptors (Lipinski definition) is 2. The lowest BCUT2D eigenvalue weighted by atomic mass is 9.99. The Morgan fingerprint density at radius 3 is 2.72 bits per heavy atom. The fourth-order valence-electron chi connectivity index (χ4n) is 2.08. The zero-order chi connectivity index (χ0) is 13.3. The van der Waals surface area contributed by atoms with Gasteiger partial charge in [0.1, 0.15) is 0 Å². The van der Waals surface area contributed by atoms with Crippen LogP contribution in [0.15, 0.2) is 22.7 Å².